The van der Waals surface area contributed by atoms with Gasteiger partial charge in [-0.1, -0.05) is 24.3 Å². The first-order chi connectivity index (χ1) is 15.2. The van der Waals surface area contributed by atoms with Crippen LogP contribution in [-0.4, -0.2) is 60.0 Å². The van der Waals surface area contributed by atoms with E-state index in [4.69, 9.17) is 0 Å². The SMILES string of the molecule is Cc1nc(-c2ccccn2)sc1C(=O)NCCCCN1CCN(c2ccccc2)CC1. The minimum Gasteiger partial charge on any atom is -0.369 e. The van der Waals surface area contributed by atoms with Crippen LogP contribution in [0.4, 0.5) is 5.69 Å². The maximum Gasteiger partial charge on any atom is 0.263 e. The number of aromatic nitrogens is 2. The van der Waals surface area contributed by atoms with Crippen molar-refractivity contribution in [1.82, 2.24) is 20.2 Å². The van der Waals surface area contributed by atoms with Gasteiger partial charge in [0.15, 0.2) is 0 Å². The predicted octanol–water partition coefficient (Wildman–Crippen LogP) is 3.85. The van der Waals surface area contributed by atoms with Gasteiger partial charge < -0.3 is 10.2 Å². The van der Waals surface area contributed by atoms with Crippen LogP contribution in [0.2, 0.25) is 0 Å². The summed E-state index contributed by atoms with van der Waals surface area (Å²) in [6.07, 6.45) is 3.81. The third kappa shape index (κ3) is 5.68. The third-order valence-electron chi connectivity index (χ3n) is 5.57. The fourth-order valence-electron chi connectivity index (χ4n) is 3.82. The molecule has 1 aliphatic heterocycles. The topological polar surface area (TPSA) is 61.4 Å². The number of para-hydroxylation sites is 1. The highest BCUT2D eigenvalue weighted by Crippen LogP contribution is 2.26. The van der Waals surface area contributed by atoms with Crippen molar-refractivity contribution in [3.63, 3.8) is 0 Å². The van der Waals surface area contributed by atoms with Crippen molar-refractivity contribution in [2.24, 2.45) is 0 Å². The molecular weight excluding hydrogens is 406 g/mol. The Hall–Kier alpha value is -2.77. The summed E-state index contributed by atoms with van der Waals surface area (Å²) < 4.78 is 0. The molecule has 0 bridgehead atoms. The van der Waals surface area contributed by atoms with E-state index in [1.54, 1.807) is 6.20 Å². The molecule has 3 heterocycles. The summed E-state index contributed by atoms with van der Waals surface area (Å²) in [5.74, 6) is -0.0337. The Bertz CT molecular complexity index is 968. The number of nitrogens with zero attached hydrogens (tertiary/aromatic N) is 4. The lowest BCUT2D eigenvalue weighted by molar-refractivity contribution is 0.0955. The molecule has 0 saturated carbocycles. The molecule has 0 atom stereocenters. The molecule has 1 aliphatic rings. The molecule has 162 valence electrons. The van der Waals surface area contributed by atoms with Crippen LogP contribution in [0.15, 0.2) is 54.7 Å². The van der Waals surface area contributed by atoms with Crippen LogP contribution in [-0.2, 0) is 0 Å². The molecule has 1 N–H and O–H groups in total. The molecule has 0 unspecified atom stereocenters. The molecule has 1 amide bonds. The molecule has 7 heteroatoms. The number of carbonyl (C=O) groups is 1. The highest BCUT2D eigenvalue weighted by molar-refractivity contribution is 7.17. The fraction of sp³-hybridized carbons (Fsp3) is 0.375. The van der Waals surface area contributed by atoms with Crippen LogP contribution in [0.3, 0.4) is 0 Å². The number of pyridine rings is 1. The van der Waals surface area contributed by atoms with Gasteiger partial charge >= 0.3 is 0 Å². The Kier molecular flexibility index (Phi) is 7.27. The number of anilines is 1. The van der Waals surface area contributed by atoms with Crippen molar-refractivity contribution in [3.8, 4) is 10.7 Å². The Morgan fingerprint density at radius 3 is 2.55 bits per heavy atom. The summed E-state index contributed by atoms with van der Waals surface area (Å²) in [5.41, 5.74) is 2.89. The van der Waals surface area contributed by atoms with Crippen LogP contribution >= 0.6 is 11.3 Å². The van der Waals surface area contributed by atoms with Crippen LogP contribution in [0.1, 0.15) is 28.2 Å². The summed E-state index contributed by atoms with van der Waals surface area (Å²) >= 11 is 1.41. The van der Waals surface area contributed by atoms with Gasteiger partial charge in [-0.25, -0.2) is 4.98 Å². The van der Waals surface area contributed by atoms with E-state index in [2.05, 4.69) is 55.4 Å². The second-order valence-electron chi connectivity index (χ2n) is 7.78. The lowest BCUT2D eigenvalue weighted by atomic mass is 10.2. The Balaban J connectivity index is 1.16. The minimum atomic E-state index is -0.0337. The zero-order valence-electron chi connectivity index (χ0n) is 18.0. The third-order valence-corrected chi connectivity index (χ3v) is 6.75. The fourth-order valence-corrected chi connectivity index (χ4v) is 4.78. The van der Waals surface area contributed by atoms with Crippen LogP contribution in [0.25, 0.3) is 10.7 Å². The minimum absolute atomic E-state index is 0.0337. The maximum absolute atomic E-state index is 12.6. The van der Waals surface area contributed by atoms with E-state index in [-0.39, 0.29) is 5.91 Å². The molecule has 0 aliphatic carbocycles. The second kappa shape index (κ2) is 10.5. The van der Waals surface area contributed by atoms with Crippen molar-refractivity contribution < 1.29 is 4.79 Å². The monoisotopic (exact) mass is 435 g/mol. The van der Waals surface area contributed by atoms with Crippen molar-refractivity contribution in [2.75, 3.05) is 44.2 Å². The number of piperazine rings is 1. The number of aryl methyl sites for hydroxylation is 1. The largest absolute Gasteiger partial charge is 0.369 e. The van der Waals surface area contributed by atoms with Gasteiger partial charge in [0.25, 0.3) is 5.91 Å². The van der Waals surface area contributed by atoms with E-state index in [9.17, 15) is 4.79 Å². The first kappa shape index (κ1) is 21.5. The Morgan fingerprint density at radius 1 is 1.03 bits per heavy atom. The highest BCUT2D eigenvalue weighted by atomic mass is 32.1. The normalized spacial score (nSPS) is 14.5. The maximum atomic E-state index is 12.6. The summed E-state index contributed by atoms with van der Waals surface area (Å²) in [4.78, 5) is 27.1. The molecule has 1 fully saturated rings. The molecule has 2 aromatic heterocycles. The van der Waals surface area contributed by atoms with Gasteiger partial charge in [-0.2, -0.15) is 0 Å². The van der Waals surface area contributed by atoms with Gasteiger partial charge in [-0.15, -0.1) is 11.3 Å². The molecule has 4 rings (SSSR count). The van der Waals surface area contributed by atoms with Gasteiger partial charge in [0.2, 0.25) is 0 Å². The first-order valence-electron chi connectivity index (χ1n) is 10.9. The van der Waals surface area contributed by atoms with Crippen molar-refractivity contribution in [3.05, 3.63) is 65.3 Å². The second-order valence-corrected chi connectivity index (χ2v) is 8.77. The number of amides is 1. The number of benzene rings is 1. The van der Waals surface area contributed by atoms with E-state index in [0.29, 0.717) is 11.4 Å². The quantitative estimate of drug-likeness (QED) is 0.545. The van der Waals surface area contributed by atoms with Gasteiger partial charge in [-0.05, 0) is 50.6 Å². The molecule has 1 saturated heterocycles. The van der Waals surface area contributed by atoms with E-state index < -0.39 is 0 Å². The van der Waals surface area contributed by atoms with E-state index in [1.165, 1.54) is 17.0 Å². The molecule has 31 heavy (non-hydrogen) atoms. The van der Waals surface area contributed by atoms with Crippen LogP contribution < -0.4 is 10.2 Å². The summed E-state index contributed by atoms with van der Waals surface area (Å²) in [6.45, 7) is 8.00. The number of rotatable bonds is 8. The lowest BCUT2D eigenvalue weighted by Crippen LogP contribution is -2.46. The van der Waals surface area contributed by atoms with E-state index in [1.807, 2.05) is 25.1 Å². The lowest BCUT2D eigenvalue weighted by Gasteiger charge is -2.36. The first-order valence-corrected chi connectivity index (χ1v) is 11.7. The summed E-state index contributed by atoms with van der Waals surface area (Å²) in [7, 11) is 0. The van der Waals surface area contributed by atoms with Crippen LogP contribution in [0, 0.1) is 6.92 Å². The van der Waals surface area contributed by atoms with Gasteiger partial charge in [0.1, 0.15) is 9.88 Å². The van der Waals surface area contributed by atoms with Crippen molar-refractivity contribution in [2.45, 2.75) is 19.8 Å². The zero-order chi connectivity index (χ0) is 21.5. The smallest absolute Gasteiger partial charge is 0.263 e. The Labute approximate surface area is 187 Å². The van der Waals surface area contributed by atoms with Crippen LogP contribution in [0.5, 0.6) is 0 Å². The van der Waals surface area contributed by atoms with Crippen molar-refractivity contribution >= 4 is 22.9 Å². The molecule has 3 aromatic rings. The number of carbonyl (C=O) groups excluding carboxylic acids is 1. The predicted molar refractivity (Wildman–Crippen MR) is 127 cm³/mol. The number of thiazole rings is 1. The van der Waals surface area contributed by atoms with Crippen molar-refractivity contribution in [1.29, 1.82) is 0 Å². The average molecular weight is 436 g/mol. The number of hydrogen-bond donors (Lipinski definition) is 1. The molecular formula is C24H29N5OS. The van der Waals surface area contributed by atoms with Gasteiger partial charge in [0, 0.05) is 44.6 Å². The highest BCUT2D eigenvalue weighted by Gasteiger charge is 2.18. The average Bonchev–Trinajstić information content (AvgIpc) is 3.22. The molecule has 0 spiro atoms. The standard InChI is InChI=1S/C24H29N5OS/c1-19-22(31-24(27-19)21-11-5-6-12-25-21)23(30)26-13-7-8-14-28-15-17-29(18-16-28)20-9-3-2-4-10-20/h2-6,9-12H,7-8,13-18H2,1H3,(H,26,30). The zero-order valence-corrected chi connectivity index (χ0v) is 18.8. The summed E-state index contributed by atoms with van der Waals surface area (Å²) in [5, 5.41) is 3.84. The number of nitrogens with one attached hydrogen (secondary N) is 1. The van der Waals surface area contributed by atoms with E-state index in [0.717, 1.165) is 62.0 Å². The Morgan fingerprint density at radius 2 is 1.81 bits per heavy atom. The number of hydrogen-bond acceptors (Lipinski definition) is 6. The van der Waals surface area contributed by atoms with Gasteiger partial charge in [0.05, 0.1) is 11.4 Å². The number of unbranched alkanes of at least 4 members (excludes halogenated alkanes) is 1. The molecule has 1 aromatic carbocycles. The molecule has 0 radical (unpaired) electrons. The van der Waals surface area contributed by atoms with Gasteiger partial charge in [-0.3, -0.25) is 14.7 Å². The summed E-state index contributed by atoms with van der Waals surface area (Å²) in [6, 6.07) is 16.4. The van der Waals surface area contributed by atoms with E-state index >= 15 is 0 Å². The molecule has 6 nitrogen and oxygen atoms in total.